The maximum absolute atomic E-state index is 12.7. The van der Waals surface area contributed by atoms with Gasteiger partial charge >= 0.3 is 5.97 Å². The molecular weight excluding hydrogens is 346 g/mol. The highest BCUT2D eigenvalue weighted by molar-refractivity contribution is 6.13. The minimum atomic E-state index is -0.736. The van der Waals surface area contributed by atoms with Crippen LogP contribution in [0.1, 0.15) is 22.6 Å². The molecule has 3 nitrogen and oxygen atoms in total. The van der Waals surface area contributed by atoms with Crippen LogP contribution < -0.4 is 0 Å². The van der Waals surface area contributed by atoms with Crippen molar-refractivity contribution < 1.29 is 9.53 Å². The van der Waals surface area contributed by atoms with Gasteiger partial charge in [-0.15, -0.1) is 6.58 Å². The van der Waals surface area contributed by atoms with Gasteiger partial charge in [0.05, 0.1) is 12.8 Å². The molecule has 0 aliphatic carbocycles. The van der Waals surface area contributed by atoms with Crippen molar-refractivity contribution in [1.82, 2.24) is 0 Å². The van der Waals surface area contributed by atoms with Crippen LogP contribution in [0.5, 0.6) is 0 Å². The average molecular weight is 369 g/mol. The van der Waals surface area contributed by atoms with E-state index >= 15 is 0 Å². The third kappa shape index (κ3) is 4.44. The number of benzene rings is 3. The average Bonchev–Trinajstić information content (AvgIpc) is 2.78. The number of hydrogen-bond acceptors (Lipinski definition) is 3. The Labute approximate surface area is 166 Å². The summed E-state index contributed by atoms with van der Waals surface area (Å²) >= 11 is 0. The summed E-state index contributed by atoms with van der Waals surface area (Å²) in [5.41, 5.74) is 3.61. The Hall–Kier alpha value is -3.46. The molecule has 3 aromatic rings. The van der Waals surface area contributed by atoms with E-state index in [-0.39, 0.29) is 5.92 Å². The number of carbonyl (C=O) groups excluding carboxylic acids is 1. The van der Waals surface area contributed by atoms with Crippen LogP contribution in [0.4, 0.5) is 0 Å². The first-order valence-electron chi connectivity index (χ1n) is 9.18. The molecule has 3 rings (SSSR count). The molecule has 0 heterocycles. The fraction of sp³-hybridized carbons (Fsp3) is 0.120. The van der Waals surface area contributed by atoms with Crippen LogP contribution >= 0.6 is 0 Å². The summed E-state index contributed by atoms with van der Waals surface area (Å²) in [7, 11) is 1.39. The summed E-state index contributed by atoms with van der Waals surface area (Å²) in [6.07, 6.45) is 1.76. The third-order valence-electron chi connectivity index (χ3n) is 4.58. The Kier molecular flexibility index (Phi) is 6.53. The van der Waals surface area contributed by atoms with Gasteiger partial charge in [0.25, 0.3) is 0 Å². The van der Waals surface area contributed by atoms with E-state index in [9.17, 15) is 4.79 Å². The van der Waals surface area contributed by atoms with E-state index in [4.69, 9.17) is 9.73 Å². The molecule has 0 unspecified atom stereocenters. The maximum Gasteiger partial charge on any atom is 0.331 e. The maximum atomic E-state index is 12.7. The molecule has 0 N–H and O–H groups in total. The SMILES string of the molecule is C=C[C@@H](c1ccccc1)[C@H](N=C(c1ccccc1)c1ccccc1)C(=O)OC. The van der Waals surface area contributed by atoms with Crippen LogP contribution in [0.2, 0.25) is 0 Å². The molecule has 0 aliphatic heterocycles. The highest BCUT2D eigenvalue weighted by Crippen LogP contribution is 2.26. The zero-order valence-electron chi connectivity index (χ0n) is 15.9. The topological polar surface area (TPSA) is 38.7 Å². The van der Waals surface area contributed by atoms with E-state index in [0.717, 1.165) is 22.4 Å². The molecule has 3 heteroatoms. The molecule has 0 amide bonds. The van der Waals surface area contributed by atoms with Gasteiger partial charge in [0.2, 0.25) is 0 Å². The number of hydrogen-bond donors (Lipinski definition) is 0. The summed E-state index contributed by atoms with van der Waals surface area (Å²) in [6.45, 7) is 3.95. The van der Waals surface area contributed by atoms with Gasteiger partial charge in [-0.3, -0.25) is 4.99 Å². The Morgan fingerprint density at radius 3 is 1.75 bits per heavy atom. The Bertz CT molecular complexity index is 893. The van der Waals surface area contributed by atoms with E-state index in [2.05, 4.69) is 6.58 Å². The normalized spacial score (nSPS) is 12.5. The predicted molar refractivity (Wildman–Crippen MR) is 114 cm³/mol. The van der Waals surface area contributed by atoms with Gasteiger partial charge in [0.15, 0.2) is 6.04 Å². The van der Waals surface area contributed by atoms with E-state index < -0.39 is 12.0 Å². The molecule has 2 atom stereocenters. The lowest BCUT2D eigenvalue weighted by atomic mass is 9.91. The lowest BCUT2D eigenvalue weighted by Gasteiger charge is -2.21. The first-order valence-corrected chi connectivity index (χ1v) is 9.18. The molecule has 0 radical (unpaired) electrons. The zero-order valence-corrected chi connectivity index (χ0v) is 15.9. The van der Waals surface area contributed by atoms with E-state index in [0.29, 0.717) is 0 Å². The Morgan fingerprint density at radius 1 is 0.857 bits per heavy atom. The number of ether oxygens (including phenoxy) is 1. The van der Waals surface area contributed by atoms with Crippen molar-refractivity contribution in [2.45, 2.75) is 12.0 Å². The minimum absolute atomic E-state index is 0.295. The van der Waals surface area contributed by atoms with Crippen LogP contribution in [-0.4, -0.2) is 24.8 Å². The van der Waals surface area contributed by atoms with Crippen molar-refractivity contribution in [2.24, 2.45) is 4.99 Å². The monoisotopic (exact) mass is 369 g/mol. The molecule has 0 aliphatic rings. The molecule has 3 aromatic carbocycles. The summed E-state index contributed by atoms with van der Waals surface area (Å²) in [4.78, 5) is 17.6. The number of carbonyl (C=O) groups is 1. The van der Waals surface area contributed by atoms with E-state index in [1.165, 1.54) is 7.11 Å². The molecule has 140 valence electrons. The van der Waals surface area contributed by atoms with E-state index in [1.54, 1.807) is 6.08 Å². The molecule has 0 saturated heterocycles. The fourth-order valence-corrected chi connectivity index (χ4v) is 3.17. The van der Waals surface area contributed by atoms with Gasteiger partial charge in [-0.25, -0.2) is 4.79 Å². The number of rotatable bonds is 7. The second kappa shape index (κ2) is 9.47. The largest absolute Gasteiger partial charge is 0.467 e. The summed E-state index contributed by atoms with van der Waals surface area (Å²) in [6, 6.07) is 28.8. The van der Waals surface area contributed by atoms with Crippen LogP contribution in [0.3, 0.4) is 0 Å². The second-order valence-electron chi connectivity index (χ2n) is 6.35. The van der Waals surface area contributed by atoms with Crippen LogP contribution in [0.15, 0.2) is 109 Å². The lowest BCUT2D eigenvalue weighted by Crippen LogP contribution is -2.28. The van der Waals surface area contributed by atoms with Gasteiger partial charge in [0.1, 0.15) is 0 Å². The standard InChI is InChI=1S/C25H23NO2/c1-3-22(19-13-7-4-8-14-19)24(25(27)28-2)26-23(20-15-9-5-10-16-20)21-17-11-6-12-18-21/h3-18,22,24H,1H2,2H3/t22-,24-/m0/s1. The van der Waals surface area contributed by atoms with Crippen molar-refractivity contribution in [2.75, 3.05) is 7.11 Å². The number of methoxy groups -OCH3 is 1. The number of aliphatic imine (C=N–C) groups is 1. The highest BCUT2D eigenvalue weighted by atomic mass is 16.5. The van der Waals surface area contributed by atoms with Gasteiger partial charge in [-0.2, -0.15) is 0 Å². The highest BCUT2D eigenvalue weighted by Gasteiger charge is 2.29. The van der Waals surface area contributed by atoms with E-state index in [1.807, 2.05) is 91.0 Å². The van der Waals surface area contributed by atoms with Crippen molar-refractivity contribution in [3.05, 3.63) is 120 Å². The Morgan fingerprint density at radius 2 is 1.32 bits per heavy atom. The van der Waals surface area contributed by atoms with Crippen LogP contribution in [0, 0.1) is 0 Å². The quantitative estimate of drug-likeness (QED) is 0.333. The summed E-state index contributed by atoms with van der Waals surface area (Å²) < 4.78 is 5.10. The molecule has 0 saturated carbocycles. The van der Waals surface area contributed by atoms with Gasteiger partial charge in [-0.1, -0.05) is 97.1 Å². The van der Waals surface area contributed by atoms with Gasteiger partial charge < -0.3 is 4.74 Å². The summed E-state index contributed by atoms with van der Waals surface area (Å²) in [5.74, 6) is -0.686. The van der Waals surface area contributed by atoms with Gasteiger partial charge in [0, 0.05) is 17.0 Å². The third-order valence-corrected chi connectivity index (χ3v) is 4.58. The fourth-order valence-electron chi connectivity index (χ4n) is 3.17. The first-order chi connectivity index (χ1) is 13.7. The molecule has 0 aromatic heterocycles. The van der Waals surface area contributed by atoms with Crippen LogP contribution in [-0.2, 0) is 9.53 Å². The first kappa shape index (κ1) is 19.3. The number of nitrogens with zero attached hydrogens (tertiary/aromatic N) is 1. The molecule has 0 spiro atoms. The molecule has 0 fully saturated rings. The zero-order chi connectivity index (χ0) is 19.8. The molecule has 0 bridgehead atoms. The van der Waals surface area contributed by atoms with Crippen LogP contribution in [0.25, 0.3) is 0 Å². The molecular formula is C25H23NO2. The Balaban J connectivity index is 2.15. The predicted octanol–water partition coefficient (Wildman–Crippen LogP) is 5.04. The van der Waals surface area contributed by atoms with Crippen molar-refractivity contribution in [3.63, 3.8) is 0 Å². The number of esters is 1. The minimum Gasteiger partial charge on any atom is -0.467 e. The second-order valence-corrected chi connectivity index (χ2v) is 6.35. The summed E-state index contributed by atoms with van der Waals surface area (Å²) in [5, 5.41) is 0. The smallest absolute Gasteiger partial charge is 0.331 e. The lowest BCUT2D eigenvalue weighted by molar-refractivity contribution is -0.142. The van der Waals surface area contributed by atoms with Crippen molar-refractivity contribution in [3.8, 4) is 0 Å². The molecule has 28 heavy (non-hydrogen) atoms. The van der Waals surface area contributed by atoms with Crippen molar-refractivity contribution >= 4 is 11.7 Å². The van der Waals surface area contributed by atoms with Gasteiger partial charge in [-0.05, 0) is 5.56 Å². The van der Waals surface area contributed by atoms with Crippen molar-refractivity contribution in [1.29, 1.82) is 0 Å².